The number of anilines is 1. The number of benzene rings is 2. The SMILES string of the molecule is COc1ccc(NC(=O)C(C)Sc2nc3ccccc3n2C(F)F)cc1. The largest absolute Gasteiger partial charge is 0.497 e. The number of hydrogen-bond acceptors (Lipinski definition) is 4. The average molecular weight is 377 g/mol. The number of imidazole rings is 1. The number of nitrogens with one attached hydrogen (secondary N) is 1. The van der Waals surface area contributed by atoms with Crippen molar-refractivity contribution in [3.63, 3.8) is 0 Å². The maximum absolute atomic E-state index is 13.5. The predicted octanol–water partition coefficient (Wildman–Crippen LogP) is 4.56. The zero-order valence-electron chi connectivity index (χ0n) is 14.1. The molecule has 1 aromatic heterocycles. The third kappa shape index (κ3) is 3.80. The van der Waals surface area contributed by atoms with Crippen LogP contribution in [-0.4, -0.2) is 27.8 Å². The van der Waals surface area contributed by atoms with Crippen molar-refractivity contribution >= 4 is 34.4 Å². The highest BCUT2D eigenvalue weighted by Crippen LogP contribution is 2.31. The number of rotatable bonds is 6. The Morgan fingerprint density at radius 1 is 1.19 bits per heavy atom. The number of thioether (sulfide) groups is 1. The molecule has 3 aromatic rings. The van der Waals surface area contributed by atoms with Gasteiger partial charge in [0.15, 0.2) is 5.16 Å². The number of alkyl halides is 2. The molecule has 3 rings (SSSR count). The second kappa shape index (κ2) is 7.74. The first-order chi connectivity index (χ1) is 12.5. The molecule has 1 unspecified atom stereocenters. The summed E-state index contributed by atoms with van der Waals surface area (Å²) in [7, 11) is 1.56. The van der Waals surface area contributed by atoms with Gasteiger partial charge in [-0.05, 0) is 43.3 Å². The molecule has 0 saturated carbocycles. The molecule has 0 fully saturated rings. The van der Waals surface area contributed by atoms with Crippen LogP contribution in [0, 0.1) is 0 Å². The Bertz CT molecular complexity index is 912. The molecule has 5 nitrogen and oxygen atoms in total. The molecule has 0 aliphatic rings. The molecule has 0 aliphatic carbocycles. The molecule has 26 heavy (non-hydrogen) atoms. The van der Waals surface area contributed by atoms with Gasteiger partial charge in [-0.3, -0.25) is 9.36 Å². The van der Waals surface area contributed by atoms with E-state index in [2.05, 4.69) is 10.3 Å². The Morgan fingerprint density at radius 3 is 2.54 bits per heavy atom. The van der Waals surface area contributed by atoms with Crippen LogP contribution in [0.25, 0.3) is 11.0 Å². The van der Waals surface area contributed by atoms with Gasteiger partial charge in [0.2, 0.25) is 5.91 Å². The maximum atomic E-state index is 13.5. The van der Waals surface area contributed by atoms with E-state index < -0.39 is 11.8 Å². The van der Waals surface area contributed by atoms with Crippen LogP contribution < -0.4 is 10.1 Å². The number of para-hydroxylation sites is 2. The van der Waals surface area contributed by atoms with Crippen molar-refractivity contribution in [2.45, 2.75) is 23.9 Å². The van der Waals surface area contributed by atoms with Gasteiger partial charge in [0.05, 0.1) is 23.4 Å². The average Bonchev–Trinajstić information content (AvgIpc) is 3.00. The zero-order valence-corrected chi connectivity index (χ0v) is 15.0. The Balaban J connectivity index is 1.76. The van der Waals surface area contributed by atoms with Gasteiger partial charge in [-0.25, -0.2) is 4.98 Å². The highest BCUT2D eigenvalue weighted by molar-refractivity contribution is 8.00. The smallest absolute Gasteiger partial charge is 0.321 e. The third-order valence-corrected chi connectivity index (χ3v) is 4.83. The summed E-state index contributed by atoms with van der Waals surface area (Å²) in [6, 6.07) is 13.5. The maximum Gasteiger partial charge on any atom is 0.321 e. The quantitative estimate of drug-likeness (QED) is 0.640. The Kier molecular flexibility index (Phi) is 5.41. The second-order valence-electron chi connectivity index (χ2n) is 5.51. The fourth-order valence-electron chi connectivity index (χ4n) is 2.42. The molecule has 1 N–H and O–H groups in total. The normalized spacial score (nSPS) is 12.3. The van der Waals surface area contributed by atoms with Crippen LogP contribution in [0.5, 0.6) is 5.75 Å². The van der Waals surface area contributed by atoms with Crippen molar-refractivity contribution in [3.8, 4) is 5.75 Å². The lowest BCUT2D eigenvalue weighted by atomic mass is 10.3. The van der Waals surface area contributed by atoms with Gasteiger partial charge >= 0.3 is 6.55 Å². The summed E-state index contributed by atoms with van der Waals surface area (Å²) < 4.78 is 32.8. The fourth-order valence-corrected chi connectivity index (χ4v) is 3.35. The minimum atomic E-state index is -2.73. The summed E-state index contributed by atoms with van der Waals surface area (Å²) in [4.78, 5) is 16.6. The van der Waals surface area contributed by atoms with Crippen molar-refractivity contribution in [1.29, 1.82) is 0 Å². The van der Waals surface area contributed by atoms with Crippen molar-refractivity contribution in [2.24, 2.45) is 0 Å². The topological polar surface area (TPSA) is 56.1 Å². The van der Waals surface area contributed by atoms with E-state index in [1.54, 1.807) is 62.6 Å². The van der Waals surface area contributed by atoms with Gasteiger partial charge in [-0.15, -0.1) is 0 Å². The molecule has 0 radical (unpaired) electrons. The number of fused-ring (bicyclic) bond motifs is 1. The van der Waals surface area contributed by atoms with E-state index in [0.29, 0.717) is 22.5 Å². The molecule has 0 bridgehead atoms. The van der Waals surface area contributed by atoms with Gasteiger partial charge in [0.25, 0.3) is 0 Å². The van der Waals surface area contributed by atoms with E-state index in [0.717, 1.165) is 16.3 Å². The summed E-state index contributed by atoms with van der Waals surface area (Å²) in [6.45, 7) is -1.08. The number of amides is 1. The van der Waals surface area contributed by atoms with Crippen LogP contribution in [0.1, 0.15) is 13.5 Å². The van der Waals surface area contributed by atoms with Crippen LogP contribution >= 0.6 is 11.8 Å². The standard InChI is InChI=1S/C18H17F2N3O2S/c1-11(16(24)21-12-7-9-13(25-2)10-8-12)26-18-22-14-5-3-4-6-15(14)23(18)17(19)20/h3-11,17H,1-2H3,(H,21,24). The highest BCUT2D eigenvalue weighted by atomic mass is 32.2. The van der Waals surface area contributed by atoms with Gasteiger partial charge < -0.3 is 10.1 Å². The molecule has 8 heteroatoms. The van der Waals surface area contributed by atoms with Crippen LogP contribution in [0.4, 0.5) is 14.5 Å². The number of ether oxygens (including phenoxy) is 1. The lowest BCUT2D eigenvalue weighted by molar-refractivity contribution is -0.115. The molecule has 1 atom stereocenters. The molecule has 136 valence electrons. The number of halogens is 2. The fraction of sp³-hybridized carbons (Fsp3) is 0.222. The number of aromatic nitrogens is 2. The number of carbonyl (C=O) groups excluding carboxylic acids is 1. The Hall–Kier alpha value is -2.61. The van der Waals surface area contributed by atoms with E-state index >= 15 is 0 Å². The Labute approximate surface area is 153 Å². The van der Waals surface area contributed by atoms with Crippen LogP contribution in [0.15, 0.2) is 53.7 Å². The number of nitrogens with zero attached hydrogens (tertiary/aromatic N) is 2. The lowest BCUT2D eigenvalue weighted by Gasteiger charge is -2.13. The minimum Gasteiger partial charge on any atom is -0.497 e. The minimum absolute atomic E-state index is 0.110. The van der Waals surface area contributed by atoms with Crippen molar-refractivity contribution in [2.75, 3.05) is 12.4 Å². The molecule has 1 amide bonds. The van der Waals surface area contributed by atoms with E-state index in [1.165, 1.54) is 0 Å². The number of carbonyl (C=O) groups is 1. The van der Waals surface area contributed by atoms with Crippen LogP contribution in [0.2, 0.25) is 0 Å². The summed E-state index contributed by atoms with van der Waals surface area (Å²) in [6.07, 6.45) is 0. The molecule has 2 aromatic carbocycles. The van der Waals surface area contributed by atoms with Crippen molar-refractivity contribution in [1.82, 2.24) is 9.55 Å². The van der Waals surface area contributed by atoms with E-state index in [9.17, 15) is 13.6 Å². The molecule has 0 aliphatic heterocycles. The first-order valence-corrected chi connectivity index (χ1v) is 8.74. The van der Waals surface area contributed by atoms with Gasteiger partial charge in [-0.1, -0.05) is 23.9 Å². The number of methoxy groups -OCH3 is 1. The molecule has 1 heterocycles. The van der Waals surface area contributed by atoms with Gasteiger partial charge in [0.1, 0.15) is 5.75 Å². The lowest BCUT2D eigenvalue weighted by Crippen LogP contribution is -2.23. The molecule has 0 spiro atoms. The molecular weight excluding hydrogens is 360 g/mol. The van der Waals surface area contributed by atoms with Crippen molar-refractivity contribution < 1.29 is 18.3 Å². The van der Waals surface area contributed by atoms with Gasteiger partial charge in [-0.2, -0.15) is 8.78 Å². The predicted molar refractivity (Wildman–Crippen MR) is 97.9 cm³/mol. The van der Waals surface area contributed by atoms with E-state index in [-0.39, 0.29) is 11.1 Å². The Morgan fingerprint density at radius 2 is 1.88 bits per heavy atom. The molecule has 0 saturated heterocycles. The van der Waals surface area contributed by atoms with Crippen LogP contribution in [0.3, 0.4) is 0 Å². The number of hydrogen-bond donors (Lipinski definition) is 1. The summed E-state index contributed by atoms with van der Waals surface area (Å²) in [5.41, 5.74) is 1.41. The zero-order chi connectivity index (χ0) is 18.7. The monoisotopic (exact) mass is 377 g/mol. The first kappa shape index (κ1) is 18.2. The molecular formula is C18H17F2N3O2S. The third-order valence-electron chi connectivity index (χ3n) is 3.77. The summed E-state index contributed by atoms with van der Waals surface area (Å²) in [5.74, 6) is 0.379. The second-order valence-corrected chi connectivity index (χ2v) is 6.82. The van der Waals surface area contributed by atoms with Gasteiger partial charge in [0, 0.05) is 5.69 Å². The van der Waals surface area contributed by atoms with Crippen molar-refractivity contribution in [3.05, 3.63) is 48.5 Å². The van der Waals surface area contributed by atoms with Crippen LogP contribution in [-0.2, 0) is 4.79 Å². The van der Waals surface area contributed by atoms with E-state index in [4.69, 9.17) is 4.74 Å². The van der Waals surface area contributed by atoms with E-state index in [1.807, 2.05) is 0 Å². The first-order valence-electron chi connectivity index (χ1n) is 7.86. The summed E-state index contributed by atoms with van der Waals surface area (Å²) in [5, 5.41) is 2.26. The highest BCUT2D eigenvalue weighted by Gasteiger charge is 2.23. The summed E-state index contributed by atoms with van der Waals surface area (Å²) >= 11 is 0.994.